The predicted octanol–water partition coefficient (Wildman–Crippen LogP) is 3.89. The van der Waals surface area contributed by atoms with Crippen LogP contribution >= 0.6 is 0 Å². The second-order valence-electron chi connectivity index (χ2n) is 6.54. The maximum atomic E-state index is 13.7. The maximum Gasteiger partial charge on any atom is 0.129 e. The monoisotopic (exact) mass is 335 g/mol. The molecule has 1 aromatic carbocycles. The quantitative estimate of drug-likeness (QED) is 0.870. The fraction of sp³-hybridized carbons (Fsp3) is 0.474. The molecule has 130 valence electrons. The van der Waals surface area contributed by atoms with Crippen molar-refractivity contribution in [1.29, 1.82) is 0 Å². The molecule has 24 heavy (non-hydrogen) atoms. The van der Waals surface area contributed by atoms with Crippen molar-refractivity contribution in [2.24, 2.45) is 5.92 Å². The molecule has 0 bridgehead atoms. The van der Waals surface area contributed by atoms with E-state index in [4.69, 9.17) is 9.52 Å². The van der Waals surface area contributed by atoms with Crippen LogP contribution in [0.3, 0.4) is 0 Å². The van der Waals surface area contributed by atoms with Gasteiger partial charge in [-0.1, -0.05) is 6.07 Å². The van der Waals surface area contributed by atoms with E-state index in [2.05, 4.69) is 4.90 Å². The zero-order valence-corrected chi connectivity index (χ0v) is 13.7. The van der Waals surface area contributed by atoms with Crippen LogP contribution < -0.4 is 0 Å². The number of halogens is 2. The van der Waals surface area contributed by atoms with Crippen molar-refractivity contribution >= 4 is 0 Å². The summed E-state index contributed by atoms with van der Waals surface area (Å²) in [6.07, 6.45) is 3.79. The molecule has 0 amide bonds. The van der Waals surface area contributed by atoms with E-state index in [9.17, 15) is 8.78 Å². The highest BCUT2D eigenvalue weighted by Crippen LogP contribution is 2.24. The minimum atomic E-state index is -0.527. The Morgan fingerprint density at radius 3 is 2.75 bits per heavy atom. The Morgan fingerprint density at radius 2 is 2.00 bits per heavy atom. The van der Waals surface area contributed by atoms with Crippen LogP contribution in [0.15, 0.2) is 34.7 Å². The van der Waals surface area contributed by atoms with Crippen LogP contribution in [-0.4, -0.2) is 23.1 Å². The number of piperidine rings is 1. The highest BCUT2D eigenvalue weighted by molar-refractivity contribution is 5.18. The standard InChI is InChI=1S/C19H23F2NO2/c20-16-6-5-15(19(21)10-16)4-3-14-2-1-9-22(11-14)12-17-7-8-18(13-23)24-17/h5-8,10,14,23H,1-4,9,11-13H2. The number of likely N-dealkylation sites (tertiary alicyclic amines) is 1. The second kappa shape index (κ2) is 7.90. The van der Waals surface area contributed by atoms with Gasteiger partial charge in [-0.2, -0.15) is 0 Å². The van der Waals surface area contributed by atoms with Gasteiger partial charge in [0, 0.05) is 12.6 Å². The van der Waals surface area contributed by atoms with Crippen LogP contribution in [0.25, 0.3) is 0 Å². The smallest absolute Gasteiger partial charge is 0.129 e. The summed E-state index contributed by atoms with van der Waals surface area (Å²) in [5, 5.41) is 9.06. The zero-order chi connectivity index (χ0) is 16.9. The third kappa shape index (κ3) is 4.42. The summed E-state index contributed by atoms with van der Waals surface area (Å²) < 4.78 is 32.2. The number of aliphatic hydroxyl groups is 1. The summed E-state index contributed by atoms with van der Waals surface area (Å²) in [5.74, 6) is 0.987. The lowest BCUT2D eigenvalue weighted by atomic mass is 9.91. The molecule has 1 N–H and O–H groups in total. The number of nitrogens with zero attached hydrogens (tertiary/aromatic N) is 1. The fourth-order valence-electron chi connectivity index (χ4n) is 3.43. The van der Waals surface area contributed by atoms with Crippen LogP contribution in [0.5, 0.6) is 0 Å². The Morgan fingerprint density at radius 1 is 1.17 bits per heavy atom. The third-order valence-corrected chi connectivity index (χ3v) is 4.69. The first-order valence-electron chi connectivity index (χ1n) is 8.49. The topological polar surface area (TPSA) is 36.6 Å². The fourth-order valence-corrected chi connectivity index (χ4v) is 3.43. The van der Waals surface area contributed by atoms with Gasteiger partial charge in [0.2, 0.25) is 0 Å². The molecule has 1 fully saturated rings. The third-order valence-electron chi connectivity index (χ3n) is 4.69. The maximum absolute atomic E-state index is 13.7. The Labute approximate surface area is 140 Å². The first-order chi connectivity index (χ1) is 11.6. The molecule has 1 aromatic heterocycles. The Bertz CT molecular complexity index is 671. The molecule has 1 aliphatic heterocycles. The molecule has 0 aliphatic carbocycles. The molecule has 3 nitrogen and oxygen atoms in total. The molecule has 2 aromatic rings. The number of benzene rings is 1. The van der Waals surface area contributed by atoms with Crippen molar-refractivity contribution < 1.29 is 18.3 Å². The van der Waals surface area contributed by atoms with Crippen LogP contribution in [-0.2, 0) is 19.6 Å². The first kappa shape index (κ1) is 17.1. The van der Waals surface area contributed by atoms with Gasteiger partial charge in [-0.3, -0.25) is 4.90 Å². The van der Waals surface area contributed by atoms with E-state index >= 15 is 0 Å². The lowest BCUT2D eigenvalue weighted by Gasteiger charge is -2.32. The molecule has 2 heterocycles. The molecule has 5 heteroatoms. The summed E-state index contributed by atoms with van der Waals surface area (Å²) >= 11 is 0. The van der Waals surface area contributed by atoms with E-state index in [0.29, 0.717) is 23.7 Å². The average molecular weight is 335 g/mol. The van der Waals surface area contributed by atoms with Gasteiger partial charge in [-0.05, 0) is 61.9 Å². The van der Waals surface area contributed by atoms with Crippen molar-refractivity contribution in [3.8, 4) is 0 Å². The summed E-state index contributed by atoms with van der Waals surface area (Å²) in [7, 11) is 0. The Balaban J connectivity index is 1.51. The molecule has 3 rings (SSSR count). The molecular formula is C19H23F2NO2. The van der Waals surface area contributed by atoms with Gasteiger partial charge in [0.05, 0.1) is 6.54 Å². The summed E-state index contributed by atoms with van der Waals surface area (Å²) in [5.41, 5.74) is 0.590. The van der Waals surface area contributed by atoms with Crippen molar-refractivity contribution in [3.05, 3.63) is 59.1 Å². The highest BCUT2D eigenvalue weighted by Gasteiger charge is 2.21. The van der Waals surface area contributed by atoms with Crippen LogP contribution in [0, 0.1) is 17.6 Å². The SMILES string of the molecule is OCc1ccc(CN2CCCC(CCc3ccc(F)cc3F)C2)o1. The molecule has 1 atom stereocenters. The van der Waals surface area contributed by atoms with Crippen molar-refractivity contribution in [2.75, 3.05) is 13.1 Å². The number of rotatable bonds is 6. The van der Waals surface area contributed by atoms with E-state index in [1.807, 2.05) is 6.07 Å². The van der Waals surface area contributed by atoms with E-state index in [-0.39, 0.29) is 6.61 Å². The number of aryl methyl sites for hydroxylation is 1. The second-order valence-corrected chi connectivity index (χ2v) is 6.54. The van der Waals surface area contributed by atoms with Gasteiger partial charge in [0.1, 0.15) is 29.8 Å². The highest BCUT2D eigenvalue weighted by atomic mass is 19.1. The molecule has 0 saturated carbocycles. The lowest BCUT2D eigenvalue weighted by Crippen LogP contribution is -2.35. The average Bonchev–Trinajstić information content (AvgIpc) is 3.02. The molecule has 0 spiro atoms. The lowest BCUT2D eigenvalue weighted by molar-refractivity contribution is 0.148. The molecule has 1 saturated heterocycles. The molecule has 0 radical (unpaired) electrons. The van der Waals surface area contributed by atoms with Gasteiger partial charge >= 0.3 is 0 Å². The van der Waals surface area contributed by atoms with E-state index in [1.165, 1.54) is 6.07 Å². The van der Waals surface area contributed by atoms with Gasteiger partial charge in [0.15, 0.2) is 0 Å². The molecule has 1 unspecified atom stereocenters. The van der Waals surface area contributed by atoms with Crippen LogP contribution in [0.1, 0.15) is 36.3 Å². The van der Waals surface area contributed by atoms with E-state index in [1.54, 1.807) is 12.1 Å². The Hall–Kier alpha value is -1.72. The predicted molar refractivity (Wildman–Crippen MR) is 87.3 cm³/mol. The minimum absolute atomic E-state index is 0.0775. The van der Waals surface area contributed by atoms with Crippen molar-refractivity contribution in [3.63, 3.8) is 0 Å². The Kier molecular flexibility index (Phi) is 5.63. The number of aliphatic hydroxyl groups excluding tert-OH is 1. The molecule has 1 aliphatic rings. The number of hydrogen-bond acceptors (Lipinski definition) is 3. The summed E-state index contributed by atoms with van der Waals surface area (Å²) in [6, 6.07) is 7.53. The largest absolute Gasteiger partial charge is 0.462 e. The van der Waals surface area contributed by atoms with Gasteiger partial charge in [-0.25, -0.2) is 8.78 Å². The zero-order valence-electron chi connectivity index (χ0n) is 13.7. The van der Waals surface area contributed by atoms with Crippen molar-refractivity contribution in [2.45, 2.75) is 38.8 Å². The summed E-state index contributed by atoms with van der Waals surface area (Å²) in [4.78, 5) is 2.34. The number of hydrogen-bond donors (Lipinski definition) is 1. The van der Waals surface area contributed by atoms with Crippen molar-refractivity contribution in [1.82, 2.24) is 4.90 Å². The molecular weight excluding hydrogens is 312 g/mol. The van der Waals surface area contributed by atoms with Gasteiger partial charge in [-0.15, -0.1) is 0 Å². The first-order valence-corrected chi connectivity index (χ1v) is 8.49. The number of furan rings is 1. The van der Waals surface area contributed by atoms with E-state index < -0.39 is 11.6 Å². The van der Waals surface area contributed by atoms with Crippen LogP contribution in [0.2, 0.25) is 0 Å². The van der Waals surface area contributed by atoms with E-state index in [0.717, 1.165) is 50.7 Å². The summed E-state index contributed by atoms with van der Waals surface area (Å²) in [6.45, 7) is 2.64. The normalized spacial score (nSPS) is 18.9. The van der Waals surface area contributed by atoms with Gasteiger partial charge < -0.3 is 9.52 Å². The van der Waals surface area contributed by atoms with Gasteiger partial charge in [0.25, 0.3) is 0 Å². The minimum Gasteiger partial charge on any atom is -0.462 e. The van der Waals surface area contributed by atoms with Crippen LogP contribution in [0.4, 0.5) is 8.78 Å².